The molecule has 1 nitrogen and oxygen atoms in total. The van der Waals surface area contributed by atoms with Gasteiger partial charge in [0.25, 0.3) is 0 Å². The highest BCUT2D eigenvalue weighted by Gasteiger charge is 2.27. The normalized spacial score (nSPS) is 17.7. The van der Waals surface area contributed by atoms with Crippen molar-refractivity contribution in [3.05, 3.63) is 35.4 Å². The Morgan fingerprint density at radius 3 is 2.73 bits per heavy atom. The third-order valence-electron chi connectivity index (χ3n) is 3.47. The van der Waals surface area contributed by atoms with E-state index in [1.807, 2.05) is 0 Å². The average Bonchev–Trinajstić information content (AvgIpc) is 3.04. The Morgan fingerprint density at radius 2 is 2.07 bits per heavy atom. The van der Waals surface area contributed by atoms with Crippen LogP contribution in [0.4, 0.5) is 0 Å². The molecule has 15 heavy (non-hydrogen) atoms. The van der Waals surface area contributed by atoms with Gasteiger partial charge < -0.3 is 5.73 Å². The minimum atomic E-state index is 0.467. The van der Waals surface area contributed by atoms with E-state index in [2.05, 4.69) is 31.2 Å². The lowest BCUT2D eigenvalue weighted by Gasteiger charge is -2.10. The fourth-order valence-corrected chi connectivity index (χ4v) is 2.18. The molecule has 1 aromatic carbocycles. The van der Waals surface area contributed by atoms with Crippen molar-refractivity contribution in [1.29, 1.82) is 0 Å². The van der Waals surface area contributed by atoms with E-state index in [1.165, 1.54) is 43.2 Å². The molecule has 2 N–H and O–H groups in total. The van der Waals surface area contributed by atoms with E-state index in [1.54, 1.807) is 0 Å². The van der Waals surface area contributed by atoms with Gasteiger partial charge in [-0.3, -0.25) is 0 Å². The highest BCUT2D eigenvalue weighted by Crippen LogP contribution is 2.33. The van der Waals surface area contributed by atoms with Crippen LogP contribution in [0.25, 0.3) is 0 Å². The van der Waals surface area contributed by atoms with E-state index < -0.39 is 0 Å². The quantitative estimate of drug-likeness (QED) is 0.782. The number of hydrogen-bond donors (Lipinski definition) is 1. The fraction of sp³-hybridized carbons (Fsp3) is 0.571. The lowest BCUT2D eigenvalue weighted by Crippen LogP contribution is -2.22. The molecule has 2 rings (SSSR count). The topological polar surface area (TPSA) is 26.0 Å². The molecule has 0 aliphatic heterocycles. The number of nitrogens with two attached hydrogens (primary N) is 1. The molecule has 0 aromatic heterocycles. The third kappa shape index (κ3) is 3.07. The first-order chi connectivity index (χ1) is 7.27. The van der Waals surface area contributed by atoms with Gasteiger partial charge in [-0.25, -0.2) is 0 Å². The lowest BCUT2D eigenvalue weighted by atomic mass is 10.00. The molecule has 1 aromatic rings. The van der Waals surface area contributed by atoms with Gasteiger partial charge in [-0.2, -0.15) is 0 Å². The first-order valence-corrected chi connectivity index (χ1v) is 6.07. The fourth-order valence-electron chi connectivity index (χ4n) is 2.18. The average molecular weight is 203 g/mol. The van der Waals surface area contributed by atoms with E-state index in [4.69, 9.17) is 5.73 Å². The maximum absolute atomic E-state index is 6.08. The standard InChI is InChI=1S/C14H21N/c1-11-5-2-3-6-12(11)7-4-8-14(15)13-9-10-13/h2-3,5-6,13-14H,4,7-10,15H2,1H3. The molecule has 1 heteroatoms. The Hall–Kier alpha value is -0.820. The summed E-state index contributed by atoms with van der Waals surface area (Å²) >= 11 is 0. The first kappa shape index (κ1) is 10.7. The SMILES string of the molecule is Cc1ccccc1CCCC(N)C1CC1. The second-order valence-electron chi connectivity index (χ2n) is 4.82. The van der Waals surface area contributed by atoms with Gasteiger partial charge in [-0.15, -0.1) is 0 Å². The summed E-state index contributed by atoms with van der Waals surface area (Å²) in [6.45, 7) is 2.19. The summed E-state index contributed by atoms with van der Waals surface area (Å²) in [6.07, 6.45) is 6.35. The summed E-state index contributed by atoms with van der Waals surface area (Å²) in [5.41, 5.74) is 8.98. The summed E-state index contributed by atoms with van der Waals surface area (Å²) in [4.78, 5) is 0. The van der Waals surface area contributed by atoms with Crippen LogP contribution in [0.1, 0.15) is 36.8 Å². The molecule has 1 unspecified atom stereocenters. The van der Waals surface area contributed by atoms with Crippen LogP contribution in [0.5, 0.6) is 0 Å². The van der Waals surface area contributed by atoms with Crippen molar-refractivity contribution < 1.29 is 0 Å². The predicted octanol–water partition coefficient (Wildman–Crippen LogP) is 3.06. The summed E-state index contributed by atoms with van der Waals surface area (Å²) in [7, 11) is 0. The number of rotatable bonds is 5. The zero-order valence-corrected chi connectivity index (χ0v) is 9.58. The van der Waals surface area contributed by atoms with Gasteiger partial charge in [0.1, 0.15) is 0 Å². The molecule has 1 atom stereocenters. The van der Waals surface area contributed by atoms with E-state index in [0.717, 1.165) is 5.92 Å². The summed E-state index contributed by atoms with van der Waals surface area (Å²) in [5.74, 6) is 0.849. The second kappa shape index (κ2) is 4.80. The van der Waals surface area contributed by atoms with Crippen molar-refractivity contribution >= 4 is 0 Å². The van der Waals surface area contributed by atoms with Gasteiger partial charge in [-0.05, 0) is 56.1 Å². The molecule has 0 saturated heterocycles. The van der Waals surface area contributed by atoms with E-state index in [-0.39, 0.29) is 0 Å². The molecule has 82 valence electrons. The number of benzene rings is 1. The van der Waals surface area contributed by atoms with Gasteiger partial charge in [-0.1, -0.05) is 24.3 Å². The van der Waals surface area contributed by atoms with Gasteiger partial charge in [0.2, 0.25) is 0 Å². The van der Waals surface area contributed by atoms with E-state index in [0.29, 0.717) is 6.04 Å². The van der Waals surface area contributed by atoms with Crippen LogP contribution in [0.3, 0.4) is 0 Å². The Balaban J connectivity index is 1.75. The van der Waals surface area contributed by atoms with Crippen LogP contribution in [0.2, 0.25) is 0 Å². The summed E-state index contributed by atoms with van der Waals surface area (Å²) in [6, 6.07) is 9.13. The van der Waals surface area contributed by atoms with Gasteiger partial charge in [0, 0.05) is 6.04 Å². The molecule has 0 heterocycles. The van der Waals surface area contributed by atoms with Crippen molar-refractivity contribution in [2.24, 2.45) is 11.7 Å². The van der Waals surface area contributed by atoms with Crippen LogP contribution in [0.15, 0.2) is 24.3 Å². The highest BCUT2D eigenvalue weighted by molar-refractivity contribution is 5.25. The first-order valence-electron chi connectivity index (χ1n) is 6.07. The molecule has 1 fully saturated rings. The summed E-state index contributed by atoms with van der Waals surface area (Å²) < 4.78 is 0. The van der Waals surface area contributed by atoms with Crippen LogP contribution in [0, 0.1) is 12.8 Å². The molecule has 0 radical (unpaired) electrons. The Morgan fingerprint density at radius 1 is 1.33 bits per heavy atom. The molecular weight excluding hydrogens is 182 g/mol. The molecular formula is C14H21N. The van der Waals surface area contributed by atoms with Gasteiger partial charge in [0.15, 0.2) is 0 Å². The molecule has 0 spiro atoms. The number of aryl methyl sites for hydroxylation is 2. The highest BCUT2D eigenvalue weighted by atomic mass is 14.7. The monoisotopic (exact) mass is 203 g/mol. The van der Waals surface area contributed by atoms with Crippen LogP contribution >= 0.6 is 0 Å². The predicted molar refractivity (Wildman–Crippen MR) is 64.8 cm³/mol. The third-order valence-corrected chi connectivity index (χ3v) is 3.47. The lowest BCUT2D eigenvalue weighted by molar-refractivity contribution is 0.528. The summed E-state index contributed by atoms with van der Waals surface area (Å²) in [5, 5.41) is 0. The van der Waals surface area contributed by atoms with Crippen molar-refractivity contribution in [3.63, 3.8) is 0 Å². The molecule has 0 amide bonds. The number of hydrogen-bond acceptors (Lipinski definition) is 1. The van der Waals surface area contributed by atoms with Gasteiger partial charge >= 0.3 is 0 Å². The van der Waals surface area contributed by atoms with Crippen molar-refractivity contribution in [1.82, 2.24) is 0 Å². The van der Waals surface area contributed by atoms with Crippen molar-refractivity contribution in [3.8, 4) is 0 Å². The Bertz CT molecular complexity index is 315. The zero-order chi connectivity index (χ0) is 10.7. The zero-order valence-electron chi connectivity index (χ0n) is 9.58. The molecule has 1 saturated carbocycles. The maximum Gasteiger partial charge on any atom is 0.00672 e. The van der Waals surface area contributed by atoms with Crippen LogP contribution < -0.4 is 5.73 Å². The Kier molecular flexibility index (Phi) is 3.42. The van der Waals surface area contributed by atoms with E-state index in [9.17, 15) is 0 Å². The van der Waals surface area contributed by atoms with Crippen molar-refractivity contribution in [2.75, 3.05) is 0 Å². The minimum Gasteiger partial charge on any atom is -0.327 e. The maximum atomic E-state index is 6.08. The largest absolute Gasteiger partial charge is 0.327 e. The smallest absolute Gasteiger partial charge is 0.00672 e. The van der Waals surface area contributed by atoms with Crippen LogP contribution in [-0.2, 0) is 6.42 Å². The minimum absolute atomic E-state index is 0.467. The van der Waals surface area contributed by atoms with Gasteiger partial charge in [0.05, 0.1) is 0 Å². The molecule has 0 bridgehead atoms. The van der Waals surface area contributed by atoms with Crippen molar-refractivity contribution in [2.45, 2.75) is 45.1 Å². The van der Waals surface area contributed by atoms with Crippen LogP contribution in [-0.4, -0.2) is 6.04 Å². The van der Waals surface area contributed by atoms with E-state index >= 15 is 0 Å². The second-order valence-corrected chi connectivity index (χ2v) is 4.82. The Labute approximate surface area is 92.7 Å². The molecule has 1 aliphatic rings. The molecule has 1 aliphatic carbocycles.